The summed E-state index contributed by atoms with van der Waals surface area (Å²) in [5, 5.41) is 12.2. The van der Waals surface area contributed by atoms with E-state index in [1.165, 1.54) is 4.88 Å². The molecule has 19 heavy (non-hydrogen) atoms. The third-order valence-electron chi connectivity index (χ3n) is 3.50. The van der Waals surface area contributed by atoms with Crippen molar-refractivity contribution in [2.75, 3.05) is 13.2 Å². The first kappa shape index (κ1) is 14.5. The second kappa shape index (κ2) is 7.03. The van der Waals surface area contributed by atoms with Gasteiger partial charge in [0.1, 0.15) is 0 Å². The molecule has 0 aliphatic carbocycles. The summed E-state index contributed by atoms with van der Waals surface area (Å²) in [6.07, 6.45) is 2.74. The number of hydrogen-bond donors (Lipinski definition) is 2. The lowest BCUT2D eigenvalue weighted by Gasteiger charge is -2.16. The maximum absolute atomic E-state index is 10.6. The number of hydrogen-bond acceptors (Lipinski definition) is 4. The summed E-state index contributed by atoms with van der Waals surface area (Å²) in [4.78, 5) is 12.7. The molecule has 2 unspecified atom stereocenters. The monoisotopic (exact) mass is 283 g/mol. The summed E-state index contributed by atoms with van der Waals surface area (Å²) >= 11 is 1.58. The van der Waals surface area contributed by atoms with E-state index in [0.29, 0.717) is 12.0 Å². The van der Waals surface area contributed by atoms with Crippen LogP contribution >= 0.6 is 11.3 Å². The zero-order valence-corrected chi connectivity index (χ0v) is 12.0. The van der Waals surface area contributed by atoms with E-state index >= 15 is 0 Å². The third-order valence-corrected chi connectivity index (χ3v) is 4.58. The fourth-order valence-corrected chi connectivity index (χ4v) is 3.50. The molecule has 0 amide bonds. The van der Waals surface area contributed by atoms with Crippen LogP contribution in [0.25, 0.3) is 0 Å². The van der Waals surface area contributed by atoms with E-state index in [1.54, 1.807) is 11.3 Å². The minimum Gasteiger partial charge on any atom is -0.481 e. The molecule has 2 rings (SSSR count). The zero-order chi connectivity index (χ0) is 13.7. The minimum atomic E-state index is -0.768. The van der Waals surface area contributed by atoms with Crippen LogP contribution in [0.1, 0.15) is 29.5 Å². The Labute approximate surface area is 117 Å². The Hall–Kier alpha value is -0.910. The van der Waals surface area contributed by atoms with Crippen molar-refractivity contribution >= 4 is 17.3 Å². The molecular weight excluding hydrogens is 262 g/mol. The molecule has 0 spiro atoms. The molecule has 0 aromatic carbocycles. The maximum atomic E-state index is 10.6. The Bertz CT molecular complexity index is 419. The van der Waals surface area contributed by atoms with Crippen molar-refractivity contribution < 1.29 is 14.6 Å². The molecule has 5 heteroatoms. The highest BCUT2D eigenvalue weighted by Crippen LogP contribution is 2.23. The molecule has 2 atom stereocenters. The Morgan fingerprint density at radius 3 is 3.05 bits per heavy atom. The van der Waals surface area contributed by atoms with Gasteiger partial charge in [-0.3, -0.25) is 4.79 Å². The molecule has 2 N–H and O–H groups in total. The van der Waals surface area contributed by atoms with E-state index in [0.717, 1.165) is 37.4 Å². The van der Waals surface area contributed by atoms with Gasteiger partial charge >= 0.3 is 5.97 Å². The Morgan fingerprint density at radius 2 is 2.32 bits per heavy atom. The van der Waals surface area contributed by atoms with Crippen LogP contribution in [0.3, 0.4) is 0 Å². The topological polar surface area (TPSA) is 58.6 Å². The average Bonchev–Trinajstić information content (AvgIpc) is 2.98. The van der Waals surface area contributed by atoms with Gasteiger partial charge in [-0.25, -0.2) is 0 Å². The summed E-state index contributed by atoms with van der Waals surface area (Å²) in [7, 11) is 0. The molecule has 1 aliphatic rings. The van der Waals surface area contributed by atoms with E-state index in [9.17, 15) is 4.79 Å². The van der Waals surface area contributed by atoms with Gasteiger partial charge in [0.15, 0.2) is 0 Å². The predicted octanol–water partition coefficient (Wildman–Crippen LogP) is 2.28. The van der Waals surface area contributed by atoms with Crippen LogP contribution < -0.4 is 5.32 Å². The van der Waals surface area contributed by atoms with Crippen LogP contribution in [-0.2, 0) is 22.5 Å². The minimum absolute atomic E-state index is 0.124. The second-order valence-electron chi connectivity index (χ2n) is 4.94. The number of thiophene rings is 1. The third kappa shape index (κ3) is 4.30. The summed E-state index contributed by atoms with van der Waals surface area (Å²) in [5.74, 6) is -0.154. The number of carbonyl (C=O) groups is 1. The van der Waals surface area contributed by atoms with Gasteiger partial charge in [-0.05, 0) is 30.9 Å². The molecule has 1 saturated heterocycles. The lowest BCUT2D eigenvalue weighted by Crippen LogP contribution is -2.27. The molecule has 1 aromatic rings. The SMILES string of the molecule is CCC1OCCC1CNCc1ccc(CC(=O)O)s1. The van der Waals surface area contributed by atoms with E-state index in [-0.39, 0.29) is 6.42 Å². The maximum Gasteiger partial charge on any atom is 0.308 e. The summed E-state index contributed by atoms with van der Waals surface area (Å²) in [6.45, 7) is 4.84. The van der Waals surface area contributed by atoms with Crippen molar-refractivity contribution in [3.63, 3.8) is 0 Å². The molecule has 4 nitrogen and oxygen atoms in total. The standard InChI is InChI=1S/C14H21NO3S/c1-2-13-10(5-6-18-13)8-15-9-12-4-3-11(19-12)7-14(16)17/h3-4,10,13,15H,2,5-9H2,1H3,(H,16,17). The smallest absolute Gasteiger partial charge is 0.308 e. The Morgan fingerprint density at radius 1 is 1.53 bits per heavy atom. The quantitative estimate of drug-likeness (QED) is 0.806. The van der Waals surface area contributed by atoms with Crippen molar-refractivity contribution in [1.82, 2.24) is 5.32 Å². The molecule has 1 aromatic heterocycles. The summed E-state index contributed by atoms with van der Waals surface area (Å²) in [5.41, 5.74) is 0. The molecule has 106 valence electrons. The van der Waals surface area contributed by atoms with Crippen LogP contribution in [0.5, 0.6) is 0 Å². The number of rotatable bonds is 7. The highest BCUT2D eigenvalue weighted by molar-refractivity contribution is 7.12. The molecule has 0 bridgehead atoms. The molecule has 0 saturated carbocycles. The lowest BCUT2D eigenvalue weighted by molar-refractivity contribution is -0.136. The van der Waals surface area contributed by atoms with Crippen molar-refractivity contribution in [2.24, 2.45) is 5.92 Å². The average molecular weight is 283 g/mol. The van der Waals surface area contributed by atoms with Gasteiger partial charge in [-0.1, -0.05) is 6.92 Å². The van der Waals surface area contributed by atoms with Gasteiger partial charge < -0.3 is 15.2 Å². The van der Waals surface area contributed by atoms with Crippen LogP contribution in [0.15, 0.2) is 12.1 Å². The Balaban J connectivity index is 1.73. The van der Waals surface area contributed by atoms with Gasteiger partial charge in [-0.2, -0.15) is 0 Å². The molecular formula is C14H21NO3S. The second-order valence-corrected chi connectivity index (χ2v) is 6.19. The van der Waals surface area contributed by atoms with Gasteiger partial charge in [0.2, 0.25) is 0 Å². The number of carboxylic acid groups (broad SMARTS) is 1. The molecule has 1 fully saturated rings. The number of carboxylic acids is 1. The van der Waals surface area contributed by atoms with Gasteiger partial charge in [-0.15, -0.1) is 11.3 Å². The molecule has 0 radical (unpaired) electrons. The lowest BCUT2D eigenvalue weighted by atomic mass is 10.00. The fraction of sp³-hybridized carbons (Fsp3) is 0.643. The number of ether oxygens (including phenoxy) is 1. The van der Waals surface area contributed by atoms with E-state index < -0.39 is 5.97 Å². The van der Waals surface area contributed by atoms with Crippen LogP contribution in [0.2, 0.25) is 0 Å². The largest absolute Gasteiger partial charge is 0.481 e. The van der Waals surface area contributed by atoms with Crippen LogP contribution in [-0.4, -0.2) is 30.3 Å². The highest BCUT2D eigenvalue weighted by Gasteiger charge is 2.25. The van der Waals surface area contributed by atoms with Gasteiger partial charge in [0.25, 0.3) is 0 Å². The van der Waals surface area contributed by atoms with Gasteiger partial charge in [0, 0.05) is 29.5 Å². The molecule has 1 aliphatic heterocycles. The van der Waals surface area contributed by atoms with Crippen LogP contribution in [0.4, 0.5) is 0 Å². The van der Waals surface area contributed by atoms with E-state index in [2.05, 4.69) is 12.2 Å². The highest BCUT2D eigenvalue weighted by atomic mass is 32.1. The Kier molecular flexibility index (Phi) is 5.36. The van der Waals surface area contributed by atoms with Crippen molar-refractivity contribution in [1.29, 1.82) is 0 Å². The first-order chi connectivity index (χ1) is 9.19. The normalized spacial score (nSPS) is 22.8. The number of nitrogens with one attached hydrogen (secondary N) is 1. The van der Waals surface area contributed by atoms with Crippen molar-refractivity contribution in [3.05, 3.63) is 21.9 Å². The predicted molar refractivity (Wildman–Crippen MR) is 75.5 cm³/mol. The van der Waals surface area contributed by atoms with E-state index in [4.69, 9.17) is 9.84 Å². The summed E-state index contributed by atoms with van der Waals surface area (Å²) in [6, 6.07) is 3.92. The fourth-order valence-electron chi connectivity index (χ4n) is 2.52. The molecule has 2 heterocycles. The van der Waals surface area contributed by atoms with E-state index in [1.807, 2.05) is 12.1 Å². The first-order valence-electron chi connectivity index (χ1n) is 6.80. The zero-order valence-electron chi connectivity index (χ0n) is 11.2. The van der Waals surface area contributed by atoms with Crippen molar-refractivity contribution in [2.45, 2.75) is 38.8 Å². The summed E-state index contributed by atoms with van der Waals surface area (Å²) < 4.78 is 5.66. The first-order valence-corrected chi connectivity index (χ1v) is 7.62. The van der Waals surface area contributed by atoms with Gasteiger partial charge in [0.05, 0.1) is 12.5 Å². The van der Waals surface area contributed by atoms with Crippen molar-refractivity contribution in [3.8, 4) is 0 Å². The van der Waals surface area contributed by atoms with Crippen LogP contribution in [0, 0.1) is 5.92 Å². The number of aliphatic carboxylic acids is 1.